The van der Waals surface area contributed by atoms with E-state index in [0.29, 0.717) is 22.6 Å². The van der Waals surface area contributed by atoms with Gasteiger partial charge in [0.05, 0.1) is 4.47 Å². The highest BCUT2D eigenvalue weighted by atomic mass is 79.9. The maximum Gasteiger partial charge on any atom is 0.352 e. The molecule has 1 amide bonds. The van der Waals surface area contributed by atoms with Crippen LogP contribution in [0.25, 0.3) is 6.08 Å². The van der Waals surface area contributed by atoms with E-state index in [1.54, 1.807) is 48.5 Å². The maximum atomic E-state index is 12.3. The van der Waals surface area contributed by atoms with Crippen molar-refractivity contribution >= 4 is 49.8 Å². The first-order valence-electron chi connectivity index (χ1n) is 8.47. The van der Waals surface area contributed by atoms with Crippen molar-refractivity contribution in [3.8, 4) is 11.5 Å². The van der Waals surface area contributed by atoms with Crippen molar-refractivity contribution in [3.63, 3.8) is 0 Å². The van der Waals surface area contributed by atoms with Gasteiger partial charge in [0.1, 0.15) is 17.2 Å². The van der Waals surface area contributed by atoms with Gasteiger partial charge in [-0.1, -0.05) is 46.3 Å². The number of carbonyl (C=O) groups excluding carboxylic acids is 1. The summed E-state index contributed by atoms with van der Waals surface area (Å²) in [4.78, 5) is 23.9. The van der Waals surface area contributed by atoms with Crippen molar-refractivity contribution in [2.24, 2.45) is 0 Å². The number of ether oxygens (including phenoxy) is 1. The third kappa shape index (κ3) is 5.79. The van der Waals surface area contributed by atoms with Crippen LogP contribution in [0, 0.1) is 0 Å². The fourth-order valence-electron chi connectivity index (χ4n) is 2.43. The number of aliphatic carboxylic acids is 1. The highest BCUT2D eigenvalue weighted by Crippen LogP contribution is 2.29. The molecule has 0 saturated heterocycles. The topological polar surface area (TPSA) is 75.6 Å². The molecular weight excluding hydrogens is 502 g/mol. The molecule has 7 heteroatoms. The van der Waals surface area contributed by atoms with Crippen molar-refractivity contribution in [2.75, 3.05) is 0 Å². The van der Waals surface area contributed by atoms with Gasteiger partial charge in [0.2, 0.25) is 0 Å². The maximum absolute atomic E-state index is 12.3. The number of nitrogens with one attached hydrogen (secondary N) is 1. The molecule has 0 unspecified atom stereocenters. The number of carboxylic acids is 1. The van der Waals surface area contributed by atoms with E-state index < -0.39 is 11.9 Å². The number of halogens is 2. The lowest BCUT2D eigenvalue weighted by atomic mass is 10.1. The second kappa shape index (κ2) is 9.54. The Bertz CT molecular complexity index is 1080. The Labute approximate surface area is 184 Å². The Hall–Kier alpha value is -2.90. The molecule has 0 bridgehead atoms. The second-order valence-electron chi connectivity index (χ2n) is 5.93. The standard InChI is InChI=1S/C22H15Br2NO4/c23-16-5-3-4-15(13-16)21(26)25-19(22(27)28)12-14-8-10-17(11-9-14)29-20-7-2-1-6-18(20)24/h1-13H,(H,25,26)(H,27,28)/b19-12+. The number of para-hydroxylation sites is 1. The van der Waals surface area contributed by atoms with Crippen molar-refractivity contribution in [1.29, 1.82) is 0 Å². The van der Waals surface area contributed by atoms with E-state index in [1.807, 2.05) is 24.3 Å². The number of hydrogen-bond donors (Lipinski definition) is 2. The van der Waals surface area contributed by atoms with E-state index in [4.69, 9.17) is 4.74 Å². The van der Waals surface area contributed by atoms with E-state index in [1.165, 1.54) is 6.08 Å². The first-order valence-corrected chi connectivity index (χ1v) is 10.1. The molecule has 0 spiro atoms. The molecule has 0 aliphatic heterocycles. The summed E-state index contributed by atoms with van der Waals surface area (Å²) in [6.45, 7) is 0. The highest BCUT2D eigenvalue weighted by Gasteiger charge is 2.13. The van der Waals surface area contributed by atoms with Gasteiger partial charge in [-0.05, 0) is 70.0 Å². The predicted octanol–water partition coefficient (Wildman–Crippen LogP) is 5.86. The quantitative estimate of drug-likeness (QED) is 0.402. The number of rotatable bonds is 6. The Morgan fingerprint density at radius 3 is 2.31 bits per heavy atom. The van der Waals surface area contributed by atoms with Gasteiger partial charge in [0, 0.05) is 10.0 Å². The number of hydrogen-bond acceptors (Lipinski definition) is 3. The molecule has 0 saturated carbocycles. The monoisotopic (exact) mass is 515 g/mol. The summed E-state index contributed by atoms with van der Waals surface area (Å²) in [5.41, 5.74) is 0.731. The lowest BCUT2D eigenvalue weighted by Crippen LogP contribution is -2.27. The normalized spacial score (nSPS) is 11.0. The Kier molecular flexibility index (Phi) is 6.85. The van der Waals surface area contributed by atoms with Gasteiger partial charge in [-0.2, -0.15) is 0 Å². The molecule has 3 aromatic rings. The molecule has 146 valence electrons. The number of amides is 1. The third-order valence-electron chi connectivity index (χ3n) is 3.82. The zero-order chi connectivity index (χ0) is 20.8. The molecule has 3 rings (SSSR count). The van der Waals surface area contributed by atoms with Crippen molar-refractivity contribution in [3.05, 3.63) is 98.6 Å². The minimum absolute atomic E-state index is 0.227. The SMILES string of the molecule is O=C(O)/C(=C\c1ccc(Oc2ccccc2Br)cc1)NC(=O)c1cccc(Br)c1. The molecule has 29 heavy (non-hydrogen) atoms. The van der Waals surface area contributed by atoms with Crippen LogP contribution in [0.3, 0.4) is 0 Å². The molecular formula is C22H15Br2NO4. The van der Waals surface area contributed by atoms with Crippen molar-refractivity contribution < 1.29 is 19.4 Å². The van der Waals surface area contributed by atoms with Gasteiger partial charge in [0.25, 0.3) is 5.91 Å². The number of benzene rings is 3. The van der Waals surface area contributed by atoms with Gasteiger partial charge >= 0.3 is 5.97 Å². The van der Waals surface area contributed by atoms with Gasteiger partial charge in [-0.25, -0.2) is 4.79 Å². The molecule has 0 radical (unpaired) electrons. The number of carboxylic acid groups (broad SMARTS) is 1. The van der Waals surface area contributed by atoms with Crippen LogP contribution in [-0.4, -0.2) is 17.0 Å². The number of carbonyl (C=O) groups is 2. The Morgan fingerprint density at radius 2 is 1.66 bits per heavy atom. The summed E-state index contributed by atoms with van der Waals surface area (Å²) in [5.74, 6) is -0.469. The van der Waals surface area contributed by atoms with Crippen LogP contribution in [-0.2, 0) is 4.79 Å². The van der Waals surface area contributed by atoms with E-state index >= 15 is 0 Å². The van der Waals surface area contributed by atoms with E-state index in [-0.39, 0.29) is 5.70 Å². The van der Waals surface area contributed by atoms with Crippen LogP contribution in [0.2, 0.25) is 0 Å². The first-order chi connectivity index (χ1) is 13.9. The van der Waals surface area contributed by atoms with Gasteiger partial charge in [0.15, 0.2) is 0 Å². The summed E-state index contributed by atoms with van der Waals surface area (Å²) in [6.07, 6.45) is 1.39. The molecule has 2 N–H and O–H groups in total. The lowest BCUT2D eigenvalue weighted by Gasteiger charge is -2.09. The van der Waals surface area contributed by atoms with Gasteiger partial charge in [-0.3, -0.25) is 4.79 Å². The average Bonchev–Trinajstić information content (AvgIpc) is 2.70. The highest BCUT2D eigenvalue weighted by molar-refractivity contribution is 9.10. The van der Waals surface area contributed by atoms with Gasteiger partial charge in [-0.15, -0.1) is 0 Å². The molecule has 0 fully saturated rings. The molecule has 0 aliphatic carbocycles. The van der Waals surface area contributed by atoms with Crippen LogP contribution < -0.4 is 10.1 Å². The second-order valence-corrected chi connectivity index (χ2v) is 7.70. The zero-order valence-corrected chi connectivity index (χ0v) is 18.1. The minimum atomic E-state index is -1.23. The Balaban J connectivity index is 1.76. The molecule has 5 nitrogen and oxygen atoms in total. The Morgan fingerprint density at radius 1 is 0.931 bits per heavy atom. The molecule has 3 aromatic carbocycles. The molecule has 0 atom stereocenters. The zero-order valence-electron chi connectivity index (χ0n) is 14.9. The minimum Gasteiger partial charge on any atom is -0.477 e. The van der Waals surface area contributed by atoms with Crippen LogP contribution in [0.15, 0.2) is 87.4 Å². The predicted molar refractivity (Wildman–Crippen MR) is 118 cm³/mol. The third-order valence-corrected chi connectivity index (χ3v) is 4.97. The summed E-state index contributed by atoms with van der Waals surface area (Å²) in [6, 6.07) is 21.0. The summed E-state index contributed by atoms with van der Waals surface area (Å²) >= 11 is 6.71. The lowest BCUT2D eigenvalue weighted by molar-refractivity contribution is -0.132. The van der Waals surface area contributed by atoms with E-state index in [0.717, 1.165) is 8.95 Å². The average molecular weight is 517 g/mol. The fraction of sp³-hybridized carbons (Fsp3) is 0. The summed E-state index contributed by atoms with van der Waals surface area (Å²) in [5, 5.41) is 11.9. The summed E-state index contributed by atoms with van der Waals surface area (Å²) < 4.78 is 7.35. The van der Waals surface area contributed by atoms with Crippen molar-refractivity contribution in [1.82, 2.24) is 5.32 Å². The van der Waals surface area contributed by atoms with Gasteiger partial charge < -0.3 is 15.2 Å². The largest absolute Gasteiger partial charge is 0.477 e. The van der Waals surface area contributed by atoms with E-state index in [9.17, 15) is 14.7 Å². The van der Waals surface area contributed by atoms with Crippen molar-refractivity contribution in [2.45, 2.75) is 0 Å². The fourth-order valence-corrected chi connectivity index (χ4v) is 3.19. The summed E-state index contributed by atoms with van der Waals surface area (Å²) in [7, 11) is 0. The smallest absolute Gasteiger partial charge is 0.352 e. The first kappa shape index (κ1) is 20.8. The van der Waals surface area contributed by atoms with Crippen LogP contribution >= 0.6 is 31.9 Å². The van der Waals surface area contributed by atoms with Crippen LogP contribution in [0.4, 0.5) is 0 Å². The molecule has 0 aliphatic rings. The van der Waals surface area contributed by atoms with Crippen LogP contribution in [0.1, 0.15) is 15.9 Å². The molecule has 0 heterocycles. The van der Waals surface area contributed by atoms with Crippen LogP contribution in [0.5, 0.6) is 11.5 Å². The molecule has 0 aromatic heterocycles. The van der Waals surface area contributed by atoms with E-state index in [2.05, 4.69) is 37.2 Å².